The van der Waals surface area contributed by atoms with Gasteiger partial charge in [0.25, 0.3) is 0 Å². The van der Waals surface area contributed by atoms with Crippen LogP contribution in [0.25, 0.3) is 0 Å². The number of benzene rings is 1. The largest absolute Gasteiger partial charge is 0.377 e. The first kappa shape index (κ1) is 17.6. The zero-order valence-electron chi connectivity index (χ0n) is 13.0. The highest BCUT2D eigenvalue weighted by atomic mass is 79.9. The van der Waals surface area contributed by atoms with E-state index in [1.165, 1.54) is 5.56 Å². The van der Waals surface area contributed by atoms with Crippen molar-refractivity contribution in [3.8, 4) is 0 Å². The number of hydrogen-bond acceptors (Lipinski definition) is 3. The number of halogens is 1. The Bertz CT molecular complexity index is 381. The molecule has 1 aromatic rings. The van der Waals surface area contributed by atoms with Crippen LogP contribution in [0.1, 0.15) is 38.8 Å². The summed E-state index contributed by atoms with van der Waals surface area (Å²) in [6.45, 7) is 7.87. The standard InChI is InChI=1S/C16H27BrN2O/c1-5-15(18)16(13-6-8-14(17)9-7-13)19(4)10-11-20-12(2)3/h6-9,12,15-16H,5,10-11,18H2,1-4H3. The van der Waals surface area contributed by atoms with E-state index in [4.69, 9.17) is 10.5 Å². The molecule has 1 rings (SSSR count). The van der Waals surface area contributed by atoms with Gasteiger partial charge in [0.05, 0.1) is 12.7 Å². The van der Waals surface area contributed by atoms with Gasteiger partial charge < -0.3 is 10.5 Å². The third kappa shape index (κ3) is 5.52. The molecule has 20 heavy (non-hydrogen) atoms. The van der Waals surface area contributed by atoms with Crippen molar-refractivity contribution in [2.75, 3.05) is 20.2 Å². The average Bonchev–Trinajstić information content (AvgIpc) is 2.40. The minimum absolute atomic E-state index is 0.125. The maximum Gasteiger partial charge on any atom is 0.0597 e. The molecular weight excluding hydrogens is 316 g/mol. The van der Waals surface area contributed by atoms with Crippen LogP contribution in [0.4, 0.5) is 0 Å². The summed E-state index contributed by atoms with van der Waals surface area (Å²) in [6, 6.07) is 8.78. The molecule has 0 heterocycles. The second kappa shape index (κ2) is 8.78. The van der Waals surface area contributed by atoms with E-state index < -0.39 is 0 Å². The van der Waals surface area contributed by atoms with E-state index in [9.17, 15) is 0 Å². The summed E-state index contributed by atoms with van der Waals surface area (Å²) in [5.41, 5.74) is 7.58. The SMILES string of the molecule is CCC(N)C(c1ccc(Br)cc1)N(C)CCOC(C)C. The molecule has 0 amide bonds. The monoisotopic (exact) mass is 342 g/mol. The van der Waals surface area contributed by atoms with Crippen molar-refractivity contribution in [1.29, 1.82) is 0 Å². The second-order valence-electron chi connectivity index (χ2n) is 5.47. The van der Waals surface area contributed by atoms with E-state index in [0.29, 0.717) is 0 Å². The summed E-state index contributed by atoms with van der Waals surface area (Å²) in [6.07, 6.45) is 1.23. The fourth-order valence-electron chi connectivity index (χ4n) is 2.28. The molecule has 4 heteroatoms. The molecule has 2 N–H and O–H groups in total. The third-order valence-corrected chi connectivity index (χ3v) is 3.99. The van der Waals surface area contributed by atoms with Crippen molar-refractivity contribution < 1.29 is 4.74 Å². The van der Waals surface area contributed by atoms with Crippen molar-refractivity contribution in [2.24, 2.45) is 5.73 Å². The zero-order valence-corrected chi connectivity index (χ0v) is 14.6. The molecule has 0 aliphatic rings. The van der Waals surface area contributed by atoms with Crippen molar-refractivity contribution in [3.05, 3.63) is 34.3 Å². The molecule has 0 fully saturated rings. The second-order valence-corrected chi connectivity index (χ2v) is 6.38. The van der Waals surface area contributed by atoms with E-state index in [0.717, 1.165) is 24.0 Å². The number of rotatable bonds is 8. The molecule has 2 unspecified atom stereocenters. The van der Waals surface area contributed by atoms with Gasteiger partial charge in [-0.25, -0.2) is 0 Å². The van der Waals surface area contributed by atoms with E-state index in [-0.39, 0.29) is 18.2 Å². The van der Waals surface area contributed by atoms with E-state index in [1.54, 1.807) is 0 Å². The van der Waals surface area contributed by atoms with Crippen molar-refractivity contribution in [3.63, 3.8) is 0 Å². The summed E-state index contributed by atoms with van der Waals surface area (Å²) in [5, 5.41) is 0. The third-order valence-electron chi connectivity index (χ3n) is 3.46. The maximum atomic E-state index is 6.33. The molecule has 0 aliphatic carbocycles. The van der Waals surface area contributed by atoms with Crippen LogP contribution < -0.4 is 5.73 Å². The Morgan fingerprint density at radius 3 is 2.35 bits per heavy atom. The van der Waals surface area contributed by atoms with E-state index in [1.807, 2.05) is 0 Å². The Kier molecular flexibility index (Phi) is 7.74. The maximum absolute atomic E-state index is 6.33. The van der Waals surface area contributed by atoms with Crippen LogP contribution in [-0.4, -0.2) is 37.2 Å². The summed E-state index contributed by atoms with van der Waals surface area (Å²) >= 11 is 3.48. The van der Waals surface area contributed by atoms with Gasteiger partial charge in [0.2, 0.25) is 0 Å². The highest BCUT2D eigenvalue weighted by molar-refractivity contribution is 9.10. The molecule has 1 aromatic carbocycles. The summed E-state index contributed by atoms with van der Waals surface area (Å²) in [7, 11) is 2.12. The number of hydrogen-bond donors (Lipinski definition) is 1. The quantitative estimate of drug-likeness (QED) is 0.784. The summed E-state index contributed by atoms with van der Waals surface area (Å²) in [4.78, 5) is 2.29. The molecule has 0 saturated carbocycles. The molecule has 0 saturated heterocycles. The van der Waals surface area contributed by atoms with Gasteiger partial charge in [-0.3, -0.25) is 4.90 Å². The van der Waals surface area contributed by atoms with Crippen molar-refractivity contribution in [1.82, 2.24) is 4.90 Å². The highest BCUT2D eigenvalue weighted by Crippen LogP contribution is 2.25. The van der Waals surface area contributed by atoms with Gasteiger partial charge in [-0.05, 0) is 45.0 Å². The minimum atomic E-state index is 0.125. The fourth-order valence-corrected chi connectivity index (χ4v) is 2.55. The van der Waals surface area contributed by atoms with Crippen LogP contribution >= 0.6 is 15.9 Å². The number of ether oxygens (including phenoxy) is 1. The Morgan fingerprint density at radius 2 is 1.85 bits per heavy atom. The summed E-state index contributed by atoms with van der Waals surface area (Å²) < 4.78 is 6.73. The molecular formula is C16H27BrN2O. The molecule has 0 radical (unpaired) electrons. The van der Waals surface area contributed by atoms with Gasteiger partial charge >= 0.3 is 0 Å². The Morgan fingerprint density at radius 1 is 1.25 bits per heavy atom. The molecule has 0 bridgehead atoms. The first-order valence-electron chi connectivity index (χ1n) is 7.28. The van der Waals surface area contributed by atoms with Gasteiger partial charge in [-0.1, -0.05) is 35.0 Å². The molecule has 3 nitrogen and oxygen atoms in total. The topological polar surface area (TPSA) is 38.5 Å². The van der Waals surface area contributed by atoms with Crippen LogP contribution in [0.5, 0.6) is 0 Å². The highest BCUT2D eigenvalue weighted by Gasteiger charge is 2.22. The number of nitrogens with zero attached hydrogens (tertiary/aromatic N) is 1. The fraction of sp³-hybridized carbons (Fsp3) is 0.625. The lowest BCUT2D eigenvalue weighted by atomic mass is 9.97. The normalized spacial score (nSPS) is 14.8. The average molecular weight is 343 g/mol. The Hall–Kier alpha value is -0.420. The molecule has 0 spiro atoms. The van der Waals surface area contributed by atoms with Crippen LogP contribution in [0, 0.1) is 0 Å². The van der Waals surface area contributed by atoms with Crippen LogP contribution in [0.2, 0.25) is 0 Å². The Balaban J connectivity index is 2.75. The van der Waals surface area contributed by atoms with E-state index >= 15 is 0 Å². The number of nitrogens with two attached hydrogens (primary N) is 1. The van der Waals surface area contributed by atoms with Crippen molar-refractivity contribution >= 4 is 15.9 Å². The van der Waals surface area contributed by atoms with Gasteiger partial charge in [-0.15, -0.1) is 0 Å². The molecule has 0 aliphatic heterocycles. The van der Waals surface area contributed by atoms with Gasteiger partial charge in [-0.2, -0.15) is 0 Å². The van der Waals surface area contributed by atoms with Crippen LogP contribution in [-0.2, 0) is 4.74 Å². The Labute approximate surface area is 131 Å². The van der Waals surface area contributed by atoms with Gasteiger partial charge in [0.1, 0.15) is 0 Å². The van der Waals surface area contributed by atoms with Crippen LogP contribution in [0.3, 0.4) is 0 Å². The lowest BCUT2D eigenvalue weighted by molar-refractivity contribution is 0.0527. The zero-order chi connectivity index (χ0) is 15.1. The van der Waals surface area contributed by atoms with E-state index in [2.05, 4.69) is 72.9 Å². The first-order chi connectivity index (χ1) is 9.45. The van der Waals surface area contributed by atoms with Crippen molar-refractivity contribution in [2.45, 2.75) is 45.4 Å². The smallest absolute Gasteiger partial charge is 0.0597 e. The molecule has 2 atom stereocenters. The predicted octanol–water partition coefficient (Wildman–Crippen LogP) is 3.58. The number of likely N-dealkylation sites (N-methyl/N-ethyl adjacent to an activating group) is 1. The minimum Gasteiger partial charge on any atom is -0.377 e. The summed E-state index contributed by atoms with van der Waals surface area (Å²) in [5.74, 6) is 0. The predicted molar refractivity (Wildman–Crippen MR) is 88.9 cm³/mol. The lowest BCUT2D eigenvalue weighted by Gasteiger charge is -2.33. The molecule has 0 aromatic heterocycles. The first-order valence-corrected chi connectivity index (χ1v) is 8.07. The van der Waals surface area contributed by atoms with Gasteiger partial charge in [0.15, 0.2) is 0 Å². The van der Waals surface area contributed by atoms with Gasteiger partial charge in [0, 0.05) is 23.1 Å². The lowest BCUT2D eigenvalue weighted by Crippen LogP contribution is -2.40. The van der Waals surface area contributed by atoms with Crippen LogP contribution in [0.15, 0.2) is 28.7 Å². The molecule has 114 valence electrons.